The summed E-state index contributed by atoms with van der Waals surface area (Å²) in [6.45, 7) is 3.80. The minimum Gasteiger partial charge on any atom is -0.496 e. The lowest BCUT2D eigenvalue weighted by atomic mass is 9.96. The number of nitrogens with zero attached hydrogens (tertiary/aromatic N) is 1. The number of rotatable bonds is 5. The zero-order valence-electron chi connectivity index (χ0n) is 12.9. The molecule has 0 aromatic heterocycles. The normalized spacial score (nSPS) is 19.5. The van der Waals surface area contributed by atoms with Gasteiger partial charge in [-0.3, -0.25) is 4.79 Å². The van der Waals surface area contributed by atoms with Crippen molar-refractivity contribution in [2.24, 2.45) is 5.92 Å². The minimum atomic E-state index is 0.292. The van der Waals surface area contributed by atoms with Gasteiger partial charge in [-0.05, 0) is 52.4 Å². The van der Waals surface area contributed by atoms with Crippen molar-refractivity contribution in [1.29, 1.82) is 0 Å². The van der Waals surface area contributed by atoms with Gasteiger partial charge in [0, 0.05) is 19.5 Å². The lowest BCUT2D eigenvalue weighted by Gasteiger charge is -2.21. The molecule has 4 heteroatoms. The van der Waals surface area contributed by atoms with E-state index in [1.165, 1.54) is 12.8 Å². The van der Waals surface area contributed by atoms with Crippen LogP contribution in [0.5, 0.6) is 5.75 Å². The van der Waals surface area contributed by atoms with Gasteiger partial charge in [-0.15, -0.1) is 0 Å². The van der Waals surface area contributed by atoms with Crippen molar-refractivity contribution in [2.45, 2.75) is 45.6 Å². The first kappa shape index (κ1) is 16.3. The van der Waals surface area contributed by atoms with Crippen LogP contribution >= 0.6 is 15.9 Å². The molecule has 0 saturated carbocycles. The van der Waals surface area contributed by atoms with Gasteiger partial charge in [-0.1, -0.05) is 25.8 Å². The summed E-state index contributed by atoms with van der Waals surface area (Å²) < 4.78 is 6.18. The van der Waals surface area contributed by atoms with Gasteiger partial charge in [0.2, 0.25) is 5.91 Å². The average molecular weight is 354 g/mol. The van der Waals surface area contributed by atoms with Gasteiger partial charge >= 0.3 is 0 Å². The maximum Gasteiger partial charge on any atom is 0.222 e. The van der Waals surface area contributed by atoms with Gasteiger partial charge in [-0.25, -0.2) is 0 Å². The van der Waals surface area contributed by atoms with E-state index in [1.54, 1.807) is 7.11 Å². The number of carbonyl (C=O) groups excluding carboxylic acids is 1. The van der Waals surface area contributed by atoms with Crippen LogP contribution in [0, 0.1) is 5.92 Å². The summed E-state index contributed by atoms with van der Waals surface area (Å²) in [5.41, 5.74) is 1.14. The molecule has 21 heavy (non-hydrogen) atoms. The molecule has 1 fully saturated rings. The number of carbonyl (C=O) groups is 1. The first-order valence-electron chi connectivity index (χ1n) is 7.74. The number of benzene rings is 1. The molecule has 116 valence electrons. The molecule has 1 aliphatic rings. The van der Waals surface area contributed by atoms with Crippen molar-refractivity contribution in [1.82, 2.24) is 4.90 Å². The van der Waals surface area contributed by atoms with Crippen molar-refractivity contribution < 1.29 is 9.53 Å². The van der Waals surface area contributed by atoms with Crippen LogP contribution in [0.3, 0.4) is 0 Å². The third-order valence-electron chi connectivity index (χ3n) is 4.21. The van der Waals surface area contributed by atoms with Crippen LogP contribution in [0.15, 0.2) is 22.7 Å². The van der Waals surface area contributed by atoms with Crippen LogP contribution in [0.25, 0.3) is 0 Å². The monoisotopic (exact) mass is 353 g/mol. The number of likely N-dealkylation sites (tertiary alicyclic amines) is 1. The molecule has 1 aromatic rings. The minimum absolute atomic E-state index is 0.292. The number of hydrogen-bond acceptors (Lipinski definition) is 2. The Balaban J connectivity index is 2.01. The van der Waals surface area contributed by atoms with Crippen LogP contribution in [0.4, 0.5) is 0 Å². The van der Waals surface area contributed by atoms with Crippen LogP contribution in [0.1, 0.15) is 44.6 Å². The van der Waals surface area contributed by atoms with Crippen molar-refractivity contribution in [2.75, 3.05) is 13.7 Å². The van der Waals surface area contributed by atoms with Crippen molar-refractivity contribution in [3.05, 3.63) is 28.2 Å². The summed E-state index contributed by atoms with van der Waals surface area (Å²) in [6.07, 6.45) is 5.34. The topological polar surface area (TPSA) is 29.5 Å². The van der Waals surface area contributed by atoms with Gasteiger partial charge in [0.25, 0.3) is 0 Å². The SMILES string of the molecule is CCCC1CCC(=O)N(Cc2ccc(OC)c(Br)c2)CC1. The summed E-state index contributed by atoms with van der Waals surface area (Å²) in [7, 11) is 1.66. The molecule has 1 aliphatic heterocycles. The number of methoxy groups -OCH3 is 1. The number of halogens is 1. The Morgan fingerprint density at radius 3 is 2.86 bits per heavy atom. The summed E-state index contributed by atoms with van der Waals surface area (Å²) in [5, 5.41) is 0. The van der Waals surface area contributed by atoms with E-state index in [0.717, 1.165) is 35.2 Å². The molecule has 1 unspecified atom stereocenters. The predicted octanol–water partition coefficient (Wildman–Crippen LogP) is 4.39. The highest BCUT2D eigenvalue weighted by Gasteiger charge is 2.22. The van der Waals surface area contributed by atoms with Crippen molar-refractivity contribution in [3.8, 4) is 5.75 Å². The lowest BCUT2D eigenvalue weighted by Crippen LogP contribution is -2.29. The number of ether oxygens (including phenoxy) is 1. The molecule has 1 heterocycles. The fraction of sp³-hybridized carbons (Fsp3) is 0.588. The Kier molecular flexibility index (Phi) is 6.09. The van der Waals surface area contributed by atoms with Crippen LogP contribution in [-0.4, -0.2) is 24.5 Å². The highest BCUT2D eigenvalue weighted by Crippen LogP contribution is 2.27. The Morgan fingerprint density at radius 1 is 1.38 bits per heavy atom. The molecule has 3 nitrogen and oxygen atoms in total. The molecule has 0 bridgehead atoms. The van der Waals surface area contributed by atoms with Gasteiger partial charge in [-0.2, -0.15) is 0 Å². The van der Waals surface area contributed by atoms with E-state index in [1.807, 2.05) is 23.1 Å². The van der Waals surface area contributed by atoms with Gasteiger partial charge in [0.05, 0.1) is 11.6 Å². The molecule has 0 aliphatic carbocycles. The van der Waals surface area contributed by atoms with E-state index in [2.05, 4.69) is 22.9 Å². The molecule has 1 amide bonds. The third-order valence-corrected chi connectivity index (χ3v) is 4.83. The van der Waals surface area contributed by atoms with Crippen LogP contribution in [-0.2, 0) is 11.3 Å². The van der Waals surface area contributed by atoms with Crippen LogP contribution < -0.4 is 4.74 Å². The predicted molar refractivity (Wildman–Crippen MR) is 88.4 cm³/mol. The summed E-state index contributed by atoms with van der Waals surface area (Å²) in [6, 6.07) is 6.02. The molecule has 1 atom stereocenters. The quantitative estimate of drug-likeness (QED) is 0.785. The highest BCUT2D eigenvalue weighted by molar-refractivity contribution is 9.10. The summed E-state index contributed by atoms with van der Waals surface area (Å²) in [5.74, 6) is 1.83. The highest BCUT2D eigenvalue weighted by atomic mass is 79.9. The Hall–Kier alpha value is -1.03. The molecule has 0 spiro atoms. The third kappa shape index (κ3) is 4.47. The number of amides is 1. The van der Waals surface area contributed by atoms with Crippen molar-refractivity contribution >= 4 is 21.8 Å². The second-order valence-electron chi connectivity index (χ2n) is 5.77. The fourth-order valence-electron chi connectivity index (χ4n) is 2.99. The smallest absolute Gasteiger partial charge is 0.222 e. The van der Waals surface area contributed by atoms with E-state index in [0.29, 0.717) is 24.8 Å². The van der Waals surface area contributed by atoms with Crippen LogP contribution in [0.2, 0.25) is 0 Å². The van der Waals surface area contributed by atoms with Crippen molar-refractivity contribution in [3.63, 3.8) is 0 Å². The van der Waals surface area contributed by atoms with Gasteiger partial charge in [0.1, 0.15) is 5.75 Å². The number of hydrogen-bond donors (Lipinski definition) is 0. The Morgan fingerprint density at radius 2 is 2.19 bits per heavy atom. The largest absolute Gasteiger partial charge is 0.496 e. The first-order chi connectivity index (χ1) is 10.1. The zero-order valence-corrected chi connectivity index (χ0v) is 14.5. The standard InChI is InChI=1S/C17H24BrNO2/c1-3-4-13-6-8-17(20)19(10-9-13)12-14-5-7-16(21-2)15(18)11-14/h5,7,11,13H,3-4,6,8-10,12H2,1-2H3. The molecule has 1 saturated heterocycles. The molecular weight excluding hydrogens is 330 g/mol. The molecule has 1 aromatic carbocycles. The molecule has 0 radical (unpaired) electrons. The summed E-state index contributed by atoms with van der Waals surface area (Å²) in [4.78, 5) is 14.3. The Labute approximate surface area is 135 Å². The first-order valence-corrected chi connectivity index (χ1v) is 8.53. The fourth-order valence-corrected chi connectivity index (χ4v) is 3.57. The van der Waals surface area contributed by atoms with E-state index in [9.17, 15) is 4.79 Å². The second-order valence-corrected chi connectivity index (χ2v) is 6.62. The maximum atomic E-state index is 12.3. The molecule has 2 rings (SSSR count). The zero-order chi connectivity index (χ0) is 15.2. The van der Waals surface area contributed by atoms with E-state index < -0.39 is 0 Å². The molecule has 0 N–H and O–H groups in total. The maximum absolute atomic E-state index is 12.3. The van der Waals surface area contributed by atoms with E-state index >= 15 is 0 Å². The molecular formula is C17H24BrNO2. The van der Waals surface area contributed by atoms with Gasteiger partial charge in [0.15, 0.2) is 0 Å². The lowest BCUT2D eigenvalue weighted by molar-refractivity contribution is -0.131. The van der Waals surface area contributed by atoms with Gasteiger partial charge < -0.3 is 9.64 Å². The summed E-state index contributed by atoms with van der Waals surface area (Å²) >= 11 is 3.50. The Bertz CT molecular complexity index is 490. The van der Waals surface area contributed by atoms with E-state index in [4.69, 9.17) is 4.74 Å². The van der Waals surface area contributed by atoms with E-state index in [-0.39, 0.29) is 0 Å². The second kappa shape index (κ2) is 7.83. The average Bonchev–Trinajstić information content (AvgIpc) is 2.64.